The molecule has 44 heavy (non-hydrogen) atoms. The van der Waals surface area contributed by atoms with Crippen molar-refractivity contribution in [3.05, 3.63) is 52.7 Å². The molecule has 0 aliphatic carbocycles. The van der Waals surface area contributed by atoms with Gasteiger partial charge in [-0.2, -0.15) is 18.4 Å². The van der Waals surface area contributed by atoms with Crippen molar-refractivity contribution in [2.75, 3.05) is 42.5 Å². The van der Waals surface area contributed by atoms with Crippen molar-refractivity contribution >= 4 is 25.7 Å². The minimum absolute atomic E-state index is 0.110. The number of aryl methyl sites for hydroxylation is 2. The first-order chi connectivity index (χ1) is 20.5. The van der Waals surface area contributed by atoms with Crippen LogP contribution in [0.5, 0.6) is 0 Å². The molecule has 240 valence electrons. The Morgan fingerprint density at radius 1 is 1.14 bits per heavy atom. The van der Waals surface area contributed by atoms with Gasteiger partial charge in [0.25, 0.3) is 5.91 Å². The van der Waals surface area contributed by atoms with Crippen LogP contribution in [0.2, 0.25) is 18.1 Å². The summed E-state index contributed by atoms with van der Waals surface area (Å²) in [6.45, 7) is 17.7. The van der Waals surface area contributed by atoms with Crippen molar-refractivity contribution in [2.24, 2.45) is 0 Å². The highest BCUT2D eigenvalue weighted by atomic mass is 28.4. The van der Waals surface area contributed by atoms with E-state index in [4.69, 9.17) is 4.43 Å². The van der Waals surface area contributed by atoms with Crippen LogP contribution in [0.1, 0.15) is 68.8 Å². The molecule has 0 saturated carbocycles. The Hall–Kier alpha value is -2.94. The number of aromatic nitrogens is 1. The van der Waals surface area contributed by atoms with Gasteiger partial charge in [-0.15, -0.1) is 0 Å². The van der Waals surface area contributed by atoms with Gasteiger partial charge in [0.05, 0.1) is 11.7 Å². The predicted molar refractivity (Wildman–Crippen MR) is 170 cm³/mol. The lowest BCUT2D eigenvalue weighted by atomic mass is 10.1. The van der Waals surface area contributed by atoms with Gasteiger partial charge in [0.15, 0.2) is 8.32 Å². The Balaban J connectivity index is 1.80. The van der Waals surface area contributed by atoms with Gasteiger partial charge >= 0.3 is 6.18 Å². The van der Waals surface area contributed by atoms with Gasteiger partial charge in [-0.1, -0.05) is 32.9 Å². The molecule has 1 aromatic carbocycles. The van der Waals surface area contributed by atoms with Crippen LogP contribution in [-0.2, 0) is 15.4 Å². The van der Waals surface area contributed by atoms with E-state index in [-0.39, 0.29) is 29.0 Å². The van der Waals surface area contributed by atoms with Crippen LogP contribution in [0.3, 0.4) is 0 Å². The Morgan fingerprint density at radius 3 is 2.41 bits per heavy atom. The molecule has 7 nitrogen and oxygen atoms in total. The molecule has 0 radical (unpaired) electrons. The summed E-state index contributed by atoms with van der Waals surface area (Å²) in [4.78, 5) is 25.1. The smallest absolute Gasteiger partial charge is 0.411 e. The molecule has 2 aliphatic heterocycles. The summed E-state index contributed by atoms with van der Waals surface area (Å²) in [6, 6.07) is 9.46. The van der Waals surface area contributed by atoms with E-state index < -0.39 is 37.8 Å². The van der Waals surface area contributed by atoms with Crippen LogP contribution < -0.4 is 9.80 Å². The highest BCUT2D eigenvalue weighted by Crippen LogP contribution is 2.42. The number of hydrogen-bond acceptors (Lipinski definition) is 6. The van der Waals surface area contributed by atoms with Gasteiger partial charge < -0.3 is 19.1 Å². The number of anilines is 2. The molecule has 2 atom stereocenters. The summed E-state index contributed by atoms with van der Waals surface area (Å²) >= 11 is 0. The molecule has 0 N–H and O–H groups in total. The Morgan fingerprint density at radius 2 is 1.82 bits per heavy atom. The van der Waals surface area contributed by atoms with Gasteiger partial charge in [0, 0.05) is 24.5 Å². The number of likely N-dealkylation sites (tertiary alicyclic amines) is 1. The largest absolute Gasteiger partial charge is 0.417 e. The zero-order valence-electron chi connectivity index (χ0n) is 27.1. The van der Waals surface area contributed by atoms with E-state index in [1.54, 1.807) is 15.9 Å². The number of carbonyl (C=O) groups excluding carboxylic acids is 1. The molecule has 0 bridgehead atoms. The van der Waals surface area contributed by atoms with Crippen LogP contribution in [0.15, 0.2) is 30.3 Å². The fourth-order valence-electron chi connectivity index (χ4n) is 5.95. The second-order valence-corrected chi connectivity index (χ2v) is 18.5. The van der Waals surface area contributed by atoms with Gasteiger partial charge in [-0.25, -0.2) is 4.98 Å². The molecule has 11 heteroatoms. The second-order valence-electron chi connectivity index (χ2n) is 13.7. The number of rotatable bonds is 9. The first kappa shape index (κ1) is 33.9. The average Bonchev–Trinajstić information content (AvgIpc) is 3.59. The number of carbonyl (C=O) groups is 1. The summed E-state index contributed by atoms with van der Waals surface area (Å²) < 4.78 is 49.2. The maximum Gasteiger partial charge on any atom is 0.417 e. The Bertz CT molecular complexity index is 1380. The number of benzene rings is 1. The zero-order chi connectivity index (χ0) is 32.4. The predicted octanol–water partition coefficient (Wildman–Crippen LogP) is 7.08. The van der Waals surface area contributed by atoms with Crippen molar-refractivity contribution in [1.82, 2.24) is 9.88 Å². The highest BCUT2D eigenvalue weighted by Gasteiger charge is 2.49. The minimum atomic E-state index is -4.74. The standard InChI is InChI=1S/C33H46F3N5O2Si/c1-23-12-10-13-25(20-23)40(18-11-17-39-15-8-9-16-39)31(42)29-28(43-44(6,7)32(3,4)5)14-19-41(29)30-26(22-37)27(33(34,35)36)21-24(2)38-30/h10,12-13,20-21,28-29H,8-9,11,14-19H2,1-7H3/t28-,29+/m1/s1. The van der Waals surface area contributed by atoms with Gasteiger partial charge in [0.1, 0.15) is 23.5 Å². The van der Waals surface area contributed by atoms with E-state index in [9.17, 15) is 23.2 Å². The fraction of sp³-hybridized carbons (Fsp3) is 0.606. The topological polar surface area (TPSA) is 72.7 Å². The van der Waals surface area contributed by atoms with E-state index in [1.807, 2.05) is 31.2 Å². The first-order valence-corrected chi connectivity index (χ1v) is 18.5. The monoisotopic (exact) mass is 629 g/mol. The summed E-state index contributed by atoms with van der Waals surface area (Å²) in [5.74, 6) is -0.361. The molecule has 0 unspecified atom stereocenters. The second kappa shape index (κ2) is 13.2. The number of halogens is 3. The van der Waals surface area contributed by atoms with E-state index in [0.29, 0.717) is 13.0 Å². The molecule has 0 spiro atoms. The first-order valence-electron chi connectivity index (χ1n) is 15.6. The number of amides is 1. The van der Waals surface area contributed by atoms with Crippen molar-refractivity contribution < 1.29 is 22.4 Å². The minimum Gasteiger partial charge on any atom is -0.411 e. The van der Waals surface area contributed by atoms with Crippen LogP contribution >= 0.6 is 0 Å². The number of alkyl halides is 3. The number of hydrogen-bond donors (Lipinski definition) is 0. The van der Waals surface area contributed by atoms with E-state index in [1.165, 1.54) is 19.8 Å². The quantitative estimate of drug-likeness (QED) is 0.276. The lowest BCUT2D eigenvalue weighted by molar-refractivity contribution is -0.137. The van der Waals surface area contributed by atoms with Crippen molar-refractivity contribution in [1.29, 1.82) is 5.26 Å². The lowest BCUT2D eigenvalue weighted by Gasteiger charge is -2.41. The van der Waals surface area contributed by atoms with Crippen LogP contribution in [-0.4, -0.2) is 69.0 Å². The average molecular weight is 630 g/mol. The zero-order valence-corrected chi connectivity index (χ0v) is 28.1. The summed E-state index contributed by atoms with van der Waals surface area (Å²) in [5, 5.41) is 9.84. The maximum atomic E-state index is 14.9. The van der Waals surface area contributed by atoms with Gasteiger partial charge in [-0.05, 0) is 101 Å². The molecular formula is C33H46F3N5O2Si. The normalized spacial score (nSPS) is 19.8. The van der Waals surface area contributed by atoms with Crippen LogP contribution in [0, 0.1) is 25.2 Å². The van der Waals surface area contributed by atoms with Crippen LogP contribution in [0.25, 0.3) is 0 Å². The maximum absolute atomic E-state index is 14.9. The summed E-state index contributed by atoms with van der Waals surface area (Å²) in [6.07, 6.45) is -1.78. The number of nitrogens with zero attached hydrogens (tertiary/aromatic N) is 5. The van der Waals surface area contributed by atoms with Crippen LogP contribution in [0.4, 0.5) is 24.7 Å². The van der Waals surface area contributed by atoms with Gasteiger partial charge in [-0.3, -0.25) is 4.79 Å². The third-order valence-corrected chi connectivity index (χ3v) is 13.8. The molecule has 2 fully saturated rings. The molecule has 4 rings (SSSR count). The summed E-state index contributed by atoms with van der Waals surface area (Å²) in [7, 11) is -2.40. The molecular weight excluding hydrogens is 583 g/mol. The third kappa shape index (κ3) is 7.46. The molecule has 3 heterocycles. The van der Waals surface area contributed by atoms with E-state index in [0.717, 1.165) is 43.4 Å². The Kier molecular flexibility index (Phi) is 10.2. The lowest BCUT2D eigenvalue weighted by Crippen LogP contribution is -2.55. The van der Waals surface area contributed by atoms with E-state index >= 15 is 0 Å². The van der Waals surface area contributed by atoms with Crippen molar-refractivity contribution in [3.8, 4) is 6.07 Å². The third-order valence-electron chi connectivity index (χ3n) is 9.30. The Labute approximate surface area is 261 Å². The van der Waals surface area contributed by atoms with Crippen molar-refractivity contribution in [2.45, 2.75) is 96.8 Å². The SMILES string of the molecule is Cc1cccc(N(CCCN2CCCC2)C(=O)[C@@H]2[C@H](O[Si](C)(C)C(C)(C)C)CCN2c2nc(C)cc(C(F)(F)F)c2C#N)c1. The molecule has 1 amide bonds. The number of nitriles is 1. The summed E-state index contributed by atoms with van der Waals surface area (Å²) in [5.41, 5.74) is 0.267. The molecule has 2 aromatic rings. The molecule has 1 aromatic heterocycles. The number of pyridine rings is 1. The molecule has 2 aliphatic rings. The molecule has 2 saturated heterocycles. The van der Waals surface area contributed by atoms with E-state index in [2.05, 4.69) is 43.7 Å². The van der Waals surface area contributed by atoms with Gasteiger partial charge in [0.2, 0.25) is 0 Å². The fourth-order valence-corrected chi connectivity index (χ4v) is 7.31. The van der Waals surface area contributed by atoms with Crippen molar-refractivity contribution in [3.63, 3.8) is 0 Å². The highest BCUT2D eigenvalue weighted by molar-refractivity contribution is 6.74.